The normalized spacial score (nSPS) is 13.7. The van der Waals surface area contributed by atoms with Crippen LogP contribution in [0.15, 0.2) is 24.3 Å². The van der Waals surface area contributed by atoms with Gasteiger partial charge in [-0.3, -0.25) is 4.79 Å². The second kappa shape index (κ2) is 7.29. The number of hydrogen-bond donors (Lipinski definition) is 1. The Bertz CT molecular complexity index is 444. The van der Waals surface area contributed by atoms with Crippen LogP contribution in [-0.4, -0.2) is 30.0 Å². The molecule has 1 aromatic carbocycles. The molecule has 1 unspecified atom stereocenters. The number of carbonyl (C=O) groups is 1. The van der Waals surface area contributed by atoms with Crippen molar-refractivity contribution in [1.29, 1.82) is 0 Å². The van der Waals surface area contributed by atoms with Crippen LogP contribution in [0.5, 0.6) is 5.75 Å². The third-order valence-electron chi connectivity index (χ3n) is 3.28. The van der Waals surface area contributed by atoms with Gasteiger partial charge in [-0.05, 0) is 26.3 Å². The first-order valence-electron chi connectivity index (χ1n) is 7.17. The molecule has 0 aromatic heterocycles. The third-order valence-corrected chi connectivity index (χ3v) is 3.28. The van der Waals surface area contributed by atoms with E-state index in [0.29, 0.717) is 19.6 Å². The van der Waals surface area contributed by atoms with Crippen LogP contribution in [0.2, 0.25) is 0 Å². The van der Waals surface area contributed by atoms with Gasteiger partial charge in [0.2, 0.25) is 5.91 Å². The molecule has 0 saturated carbocycles. The fourth-order valence-corrected chi connectivity index (χ4v) is 2.32. The molecule has 0 spiro atoms. The number of rotatable bonds is 7. The first-order valence-corrected chi connectivity index (χ1v) is 7.17. The summed E-state index contributed by atoms with van der Waals surface area (Å²) in [5.74, 6) is 0.787. The maximum Gasteiger partial charge on any atom is 0.242 e. The summed E-state index contributed by atoms with van der Waals surface area (Å²) < 4.78 is 5.58. The van der Waals surface area contributed by atoms with Crippen LogP contribution in [0.3, 0.4) is 0 Å². The fourth-order valence-electron chi connectivity index (χ4n) is 2.32. The van der Waals surface area contributed by atoms with Gasteiger partial charge in [-0.1, -0.05) is 31.5 Å². The first-order chi connectivity index (χ1) is 9.42. The highest BCUT2D eigenvalue weighted by molar-refractivity contribution is 5.85. The van der Waals surface area contributed by atoms with Crippen molar-refractivity contribution in [2.75, 3.05) is 13.7 Å². The van der Waals surface area contributed by atoms with E-state index < -0.39 is 5.54 Å². The van der Waals surface area contributed by atoms with Crippen LogP contribution < -0.4 is 10.5 Å². The summed E-state index contributed by atoms with van der Waals surface area (Å²) in [6, 6.07) is 7.78. The van der Waals surface area contributed by atoms with E-state index in [2.05, 4.69) is 0 Å². The summed E-state index contributed by atoms with van der Waals surface area (Å²) in [6.45, 7) is 6.89. The summed E-state index contributed by atoms with van der Waals surface area (Å²) in [6.07, 6.45) is 1.57. The van der Waals surface area contributed by atoms with Gasteiger partial charge in [-0.25, -0.2) is 0 Å². The van der Waals surface area contributed by atoms with E-state index in [1.54, 1.807) is 18.9 Å². The molecule has 20 heavy (non-hydrogen) atoms. The number of hydrogen-bond acceptors (Lipinski definition) is 3. The van der Waals surface area contributed by atoms with Crippen LogP contribution in [0.1, 0.15) is 39.2 Å². The van der Waals surface area contributed by atoms with E-state index in [1.807, 2.05) is 38.1 Å². The Morgan fingerprint density at radius 3 is 2.60 bits per heavy atom. The molecule has 1 aromatic rings. The zero-order chi connectivity index (χ0) is 15.2. The first kappa shape index (κ1) is 16.5. The van der Waals surface area contributed by atoms with Crippen LogP contribution >= 0.6 is 0 Å². The molecule has 0 bridgehead atoms. The molecular formula is C16H26N2O2. The molecular weight excluding hydrogens is 252 g/mol. The molecule has 4 nitrogen and oxygen atoms in total. The second-order valence-corrected chi connectivity index (χ2v) is 5.37. The molecule has 112 valence electrons. The lowest BCUT2D eigenvalue weighted by Gasteiger charge is -2.29. The highest BCUT2D eigenvalue weighted by atomic mass is 16.5. The minimum absolute atomic E-state index is 0.0364. The lowest BCUT2D eigenvalue weighted by molar-refractivity contribution is -0.135. The number of benzene rings is 1. The third kappa shape index (κ3) is 4.23. The SMILES string of the molecule is CCCC(C)(N)C(=O)N(C)Cc1ccccc1OCC. The van der Waals surface area contributed by atoms with E-state index in [-0.39, 0.29) is 5.91 Å². The Kier molecular flexibility index (Phi) is 6.02. The summed E-state index contributed by atoms with van der Waals surface area (Å²) >= 11 is 0. The Morgan fingerprint density at radius 2 is 2.00 bits per heavy atom. The van der Waals surface area contributed by atoms with Gasteiger partial charge in [0.05, 0.1) is 12.1 Å². The molecule has 0 aliphatic heterocycles. The fraction of sp³-hybridized carbons (Fsp3) is 0.562. The molecule has 0 aliphatic carbocycles. The van der Waals surface area contributed by atoms with Gasteiger partial charge < -0.3 is 15.4 Å². The zero-order valence-electron chi connectivity index (χ0n) is 13.0. The van der Waals surface area contributed by atoms with Gasteiger partial charge in [0.25, 0.3) is 0 Å². The number of nitrogens with two attached hydrogens (primary N) is 1. The molecule has 0 saturated heterocycles. The molecule has 1 amide bonds. The standard InChI is InChI=1S/C16H26N2O2/c1-5-11-16(3,17)15(19)18(4)12-13-9-7-8-10-14(13)20-6-2/h7-10H,5-6,11-12,17H2,1-4H3. The number of likely N-dealkylation sites (N-methyl/N-ethyl adjacent to an activating group) is 1. The van der Waals surface area contributed by atoms with Crippen molar-refractivity contribution in [3.05, 3.63) is 29.8 Å². The van der Waals surface area contributed by atoms with Crippen LogP contribution in [0.4, 0.5) is 0 Å². The summed E-state index contributed by atoms with van der Waals surface area (Å²) in [4.78, 5) is 14.1. The largest absolute Gasteiger partial charge is 0.494 e. The van der Waals surface area contributed by atoms with E-state index in [9.17, 15) is 4.79 Å². The molecule has 0 fully saturated rings. The highest BCUT2D eigenvalue weighted by Crippen LogP contribution is 2.21. The van der Waals surface area contributed by atoms with Crippen molar-refractivity contribution in [3.8, 4) is 5.75 Å². The van der Waals surface area contributed by atoms with Gasteiger partial charge in [0.1, 0.15) is 5.75 Å². The predicted molar refractivity (Wildman–Crippen MR) is 81.6 cm³/mol. The van der Waals surface area contributed by atoms with Crippen LogP contribution in [0.25, 0.3) is 0 Å². The van der Waals surface area contributed by atoms with Crippen molar-refractivity contribution < 1.29 is 9.53 Å². The maximum absolute atomic E-state index is 12.4. The minimum atomic E-state index is -0.802. The van der Waals surface area contributed by atoms with Crippen molar-refractivity contribution in [2.24, 2.45) is 5.73 Å². The lowest BCUT2D eigenvalue weighted by atomic mass is 9.95. The van der Waals surface area contributed by atoms with E-state index in [4.69, 9.17) is 10.5 Å². The number of para-hydroxylation sites is 1. The summed E-state index contributed by atoms with van der Waals surface area (Å²) in [7, 11) is 1.78. The minimum Gasteiger partial charge on any atom is -0.494 e. The molecule has 0 heterocycles. The molecule has 1 rings (SSSR count). The van der Waals surface area contributed by atoms with Crippen molar-refractivity contribution in [3.63, 3.8) is 0 Å². The Hall–Kier alpha value is -1.55. The van der Waals surface area contributed by atoms with Gasteiger partial charge in [-0.15, -0.1) is 0 Å². The van der Waals surface area contributed by atoms with E-state index in [0.717, 1.165) is 17.7 Å². The van der Waals surface area contributed by atoms with Gasteiger partial charge >= 0.3 is 0 Å². The number of nitrogens with zero attached hydrogens (tertiary/aromatic N) is 1. The highest BCUT2D eigenvalue weighted by Gasteiger charge is 2.30. The van der Waals surface area contributed by atoms with Crippen molar-refractivity contribution >= 4 is 5.91 Å². The van der Waals surface area contributed by atoms with Gasteiger partial charge in [-0.2, -0.15) is 0 Å². The molecule has 2 N–H and O–H groups in total. The lowest BCUT2D eigenvalue weighted by Crippen LogP contribution is -2.51. The number of amides is 1. The maximum atomic E-state index is 12.4. The quantitative estimate of drug-likeness (QED) is 0.834. The van der Waals surface area contributed by atoms with Crippen molar-refractivity contribution in [2.45, 2.75) is 45.7 Å². The smallest absolute Gasteiger partial charge is 0.242 e. The topological polar surface area (TPSA) is 55.6 Å². The Labute approximate surface area is 121 Å². The van der Waals surface area contributed by atoms with Gasteiger partial charge in [0.15, 0.2) is 0 Å². The molecule has 0 aliphatic rings. The van der Waals surface area contributed by atoms with E-state index >= 15 is 0 Å². The second-order valence-electron chi connectivity index (χ2n) is 5.37. The summed E-state index contributed by atoms with van der Waals surface area (Å²) in [5, 5.41) is 0. The Balaban J connectivity index is 2.80. The van der Waals surface area contributed by atoms with Crippen LogP contribution in [-0.2, 0) is 11.3 Å². The Morgan fingerprint density at radius 1 is 1.35 bits per heavy atom. The van der Waals surface area contributed by atoms with Crippen molar-refractivity contribution in [1.82, 2.24) is 4.90 Å². The predicted octanol–water partition coefficient (Wildman–Crippen LogP) is 2.56. The average Bonchev–Trinajstić information content (AvgIpc) is 2.40. The molecule has 0 radical (unpaired) electrons. The molecule has 4 heteroatoms. The summed E-state index contributed by atoms with van der Waals surface area (Å²) in [5.41, 5.74) is 6.30. The van der Waals surface area contributed by atoms with Crippen LogP contribution in [0, 0.1) is 0 Å². The monoisotopic (exact) mass is 278 g/mol. The average molecular weight is 278 g/mol. The number of carbonyl (C=O) groups excluding carboxylic acids is 1. The number of ether oxygens (including phenoxy) is 1. The molecule has 1 atom stereocenters. The van der Waals surface area contributed by atoms with E-state index in [1.165, 1.54) is 0 Å². The van der Waals surface area contributed by atoms with Gasteiger partial charge in [0, 0.05) is 19.2 Å². The zero-order valence-corrected chi connectivity index (χ0v) is 13.0.